The fourth-order valence-electron chi connectivity index (χ4n) is 10.6. The summed E-state index contributed by atoms with van der Waals surface area (Å²) in [6.07, 6.45) is 56.3. The highest BCUT2D eigenvalue weighted by molar-refractivity contribution is 7.47. The van der Waals surface area contributed by atoms with Crippen molar-refractivity contribution in [3.63, 3.8) is 0 Å². The Balaban J connectivity index is 5.24. The molecule has 0 aromatic heterocycles. The van der Waals surface area contributed by atoms with E-state index in [1.807, 2.05) is 0 Å². The third-order valence-electron chi connectivity index (χ3n) is 16.4. The molecule has 0 spiro atoms. The summed E-state index contributed by atoms with van der Waals surface area (Å²) in [5.74, 6) is -1.35. The molecule has 2 unspecified atom stereocenters. The molecule has 0 amide bonds. The maximum atomic E-state index is 13.0. The number of rotatable bonds is 71. The van der Waals surface area contributed by atoms with Crippen molar-refractivity contribution in [2.75, 3.05) is 39.6 Å². The number of hydrogen-bond donors (Lipinski definition) is 3. The van der Waals surface area contributed by atoms with Crippen LogP contribution < -0.4 is 0 Å². The Morgan fingerprint density at radius 1 is 0.337 bits per heavy atom. The molecule has 0 aliphatic heterocycles. The maximum Gasteiger partial charge on any atom is 0.472 e. The second-order valence-electron chi connectivity index (χ2n) is 26.1. The van der Waals surface area contributed by atoms with Gasteiger partial charge in [-0.05, 0) is 57.3 Å². The number of aliphatic hydroxyl groups is 1. The molecule has 17 nitrogen and oxygen atoms in total. The van der Waals surface area contributed by atoms with Crippen LogP contribution in [0.3, 0.4) is 0 Å². The zero-order valence-corrected chi connectivity index (χ0v) is 61.0. The van der Waals surface area contributed by atoms with Gasteiger partial charge in [0.25, 0.3) is 0 Å². The molecule has 0 heterocycles. The first-order valence-electron chi connectivity index (χ1n) is 37.5. The first-order valence-corrected chi connectivity index (χ1v) is 40.4. The SMILES string of the molecule is CCCCCC/C=C\C=C/CCCCCCCC(=O)OC[C@H](COP(=O)(O)OC[C@@H](O)COP(=O)(O)OC[C@@H](COC(=O)CCCCCCCCCC)OC(=O)CCCCCCCCCCCCC)OC(=O)CCCCCCCCCCCCCCCCCC(C)C. The quantitative estimate of drug-likeness (QED) is 0.0169. The Kier molecular flexibility index (Phi) is 64.0. The van der Waals surface area contributed by atoms with Crippen LogP contribution in [0.4, 0.5) is 0 Å². The highest BCUT2D eigenvalue weighted by Gasteiger charge is 2.30. The second-order valence-corrected chi connectivity index (χ2v) is 29.0. The van der Waals surface area contributed by atoms with Gasteiger partial charge in [0, 0.05) is 25.7 Å². The van der Waals surface area contributed by atoms with Crippen LogP contribution in [0.5, 0.6) is 0 Å². The molecular formula is C73H138O17P2. The number of unbranched alkanes of at least 4 members (excludes halogenated alkanes) is 40. The first kappa shape index (κ1) is 89.5. The third-order valence-corrected chi connectivity index (χ3v) is 18.3. The van der Waals surface area contributed by atoms with Gasteiger partial charge >= 0.3 is 39.5 Å². The summed E-state index contributed by atoms with van der Waals surface area (Å²) in [7, 11) is -9.91. The number of aliphatic hydroxyl groups excluding tert-OH is 1. The minimum absolute atomic E-state index is 0.101. The number of esters is 4. The topological polar surface area (TPSA) is 237 Å². The highest BCUT2D eigenvalue weighted by Crippen LogP contribution is 2.45. The van der Waals surface area contributed by atoms with Crippen LogP contribution in [-0.2, 0) is 65.4 Å². The Bertz CT molecular complexity index is 1860. The summed E-state index contributed by atoms with van der Waals surface area (Å²) in [5.41, 5.74) is 0. The van der Waals surface area contributed by atoms with E-state index in [0.29, 0.717) is 25.7 Å². The molecule has 0 rings (SSSR count). The lowest BCUT2D eigenvalue weighted by Crippen LogP contribution is -2.30. The van der Waals surface area contributed by atoms with Crippen LogP contribution >= 0.6 is 15.6 Å². The Morgan fingerprint density at radius 2 is 0.587 bits per heavy atom. The van der Waals surface area contributed by atoms with Crippen molar-refractivity contribution in [3.8, 4) is 0 Å². The number of carbonyl (C=O) groups excluding carboxylic acids is 4. The van der Waals surface area contributed by atoms with E-state index in [9.17, 15) is 43.2 Å². The summed E-state index contributed by atoms with van der Waals surface area (Å²) < 4.78 is 68.3. The van der Waals surface area contributed by atoms with E-state index >= 15 is 0 Å². The van der Waals surface area contributed by atoms with Gasteiger partial charge in [-0.25, -0.2) is 9.13 Å². The van der Waals surface area contributed by atoms with Gasteiger partial charge in [-0.2, -0.15) is 0 Å². The number of carbonyl (C=O) groups is 4. The van der Waals surface area contributed by atoms with E-state index in [1.165, 1.54) is 154 Å². The lowest BCUT2D eigenvalue weighted by molar-refractivity contribution is -0.161. The monoisotopic (exact) mass is 1350 g/mol. The summed E-state index contributed by atoms with van der Waals surface area (Å²) in [4.78, 5) is 72.5. The molecule has 5 atom stereocenters. The summed E-state index contributed by atoms with van der Waals surface area (Å²) >= 11 is 0. The van der Waals surface area contributed by atoms with E-state index < -0.39 is 97.5 Å². The molecule has 0 aliphatic rings. The van der Waals surface area contributed by atoms with Crippen molar-refractivity contribution in [3.05, 3.63) is 24.3 Å². The third kappa shape index (κ3) is 66.2. The molecule has 0 aromatic carbocycles. The molecule has 0 fully saturated rings. The zero-order valence-electron chi connectivity index (χ0n) is 59.2. The lowest BCUT2D eigenvalue weighted by Gasteiger charge is -2.21. The zero-order chi connectivity index (χ0) is 67.7. The summed E-state index contributed by atoms with van der Waals surface area (Å²) in [6.45, 7) is 7.20. The van der Waals surface area contributed by atoms with Gasteiger partial charge in [0.05, 0.1) is 26.4 Å². The number of allylic oxidation sites excluding steroid dienone is 4. The fourth-order valence-corrected chi connectivity index (χ4v) is 12.2. The Morgan fingerprint density at radius 3 is 0.891 bits per heavy atom. The largest absolute Gasteiger partial charge is 0.472 e. The standard InChI is InChI=1S/C73H138O17P2/c1-6-9-12-15-18-21-23-24-26-30-34-37-42-47-52-57-71(76)84-63-69(90-73(78)59-54-49-44-39-35-31-28-25-27-29-33-36-40-45-50-55-66(4)5)65-88-92(81,82)86-61-67(74)60-85-91(79,80)87-64-68(62-83-70(75)56-51-46-41-20-17-14-11-8-3)89-72(77)58-53-48-43-38-32-22-19-16-13-10-7-2/h21,23-24,26,66-69,74H,6-20,22,25,27-65H2,1-5H3,(H,79,80)(H,81,82)/b23-21-,26-24-/t67-,68+,69+/m0/s1. The number of phosphoric acid groups is 2. The normalized spacial score (nSPS) is 14.2. The molecule has 92 heavy (non-hydrogen) atoms. The van der Waals surface area contributed by atoms with Gasteiger partial charge in [-0.15, -0.1) is 0 Å². The van der Waals surface area contributed by atoms with Crippen LogP contribution in [0.2, 0.25) is 0 Å². The van der Waals surface area contributed by atoms with Crippen molar-refractivity contribution in [1.82, 2.24) is 0 Å². The molecule has 0 bridgehead atoms. The number of hydrogen-bond acceptors (Lipinski definition) is 15. The molecule has 0 saturated heterocycles. The van der Waals surface area contributed by atoms with Crippen LogP contribution in [0.1, 0.15) is 356 Å². The number of phosphoric ester groups is 2. The second kappa shape index (κ2) is 65.8. The van der Waals surface area contributed by atoms with Crippen LogP contribution in [0, 0.1) is 5.92 Å². The van der Waals surface area contributed by atoms with Gasteiger partial charge < -0.3 is 33.8 Å². The molecule has 3 N–H and O–H groups in total. The van der Waals surface area contributed by atoms with Crippen molar-refractivity contribution in [2.24, 2.45) is 5.92 Å². The van der Waals surface area contributed by atoms with Gasteiger partial charge in [-0.1, -0.05) is 303 Å². The molecule has 0 saturated carbocycles. The minimum Gasteiger partial charge on any atom is -0.462 e. The highest BCUT2D eigenvalue weighted by atomic mass is 31.2. The van der Waals surface area contributed by atoms with Crippen molar-refractivity contribution in [2.45, 2.75) is 374 Å². The van der Waals surface area contributed by atoms with E-state index in [0.717, 1.165) is 121 Å². The van der Waals surface area contributed by atoms with Crippen LogP contribution in [0.15, 0.2) is 24.3 Å². The molecule has 0 aliphatic carbocycles. The van der Waals surface area contributed by atoms with E-state index in [2.05, 4.69) is 58.9 Å². The van der Waals surface area contributed by atoms with Crippen molar-refractivity contribution < 1.29 is 80.2 Å². The Hall–Kier alpha value is -2.46. The predicted octanol–water partition coefficient (Wildman–Crippen LogP) is 20.9. The lowest BCUT2D eigenvalue weighted by atomic mass is 10.0. The van der Waals surface area contributed by atoms with Crippen molar-refractivity contribution >= 4 is 39.5 Å². The van der Waals surface area contributed by atoms with Gasteiger partial charge in [-0.3, -0.25) is 37.3 Å². The summed E-state index contributed by atoms with van der Waals surface area (Å²) in [5, 5.41) is 10.6. The molecule has 19 heteroatoms. The van der Waals surface area contributed by atoms with Crippen LogP contribution in [0.25, 0.3) is 0 Å². The fraction of sp³-hybridized carbons (Fsp3) is 0.890. The predicted molar refractivity (Wildman–Crippen MR) is 372 cm³/mol. The first-order chi connectivity index (χ1) is 44.5. The summed E-state index contributed by atoms with van der Waals surface area (Å²) in [6, 6.07) is 0. The van der Waals surface area contributed by atoms with Gasteiger partial charge in [0.15, 0.2) is 12.2 Å². The molecule has 0 aromatic rings. The maximum absolute atomic E-state index is 13.0. The van der Waals surface area contributed by atoms with Crippen LogP contribution in [-0.4, -0.2) is 96.7 Å². The van der Waals surface area contributed by atoms with E-state index in [4.69, 9.17) is 37.0 Å². The minimum atomic E-state index is -4.96. The van der Waals surface area contributed by atoms with E-state index in [1.54, 1.807) is 0 Å². The molecular weight excluding hydrogens is 1210 g/mol. The smallest absolute Gasteiger partial charge is 0.462 e. The van der Waals surface area contributed by atoms with E-state index in [-0.39, 0.29) is 25.7 Å². The van der Waals surface area contributed by atoms with Gasteiger partial charge in [0.1, 0.15) is 19.3 Å². The molecule has 542 valence electrons. The average Bonchev–Trinajstić information content (AvgIpc) is 1.90. The van der Waals surface area contributed by atoms with Crippen molar-refractivity contribution in [1.29, 1.82) is 0 Å². The molecule has 0 radical (unpaired) electrons. The van der Waals surface area contributed by atoms with Gasteiger partial charge in [0.2, 0.25) is 0 Å². The Labute approximate surface area is 561 Å². The number of ether oxygens (including phenoxy) is 4. The average molecular weight is 1350 g/mol.